The van der Waals surface area contributed by atoms with Crippen LogP contribution in [0.15, 0.2) is 46.9 Å². The summed E-state index contributed by atoms with van der Waals surface area (Å²) in [5, 5.41) is 0. The Balaban J connectivity index is 2.54. The van der Waals surface area contributed by atoms with Crippen LogP contribution >= 0.6 is 15.9 Å². The minimum atomic E-state index is -0.322. The Morgan fingerprint density at radius 2 is 1.76 bits per heavy atom. The van der Waals surface area contributed by atoms with Crippen LogP contribution < -0.4 is 0 Å². The van der Waals surface area contributed by atoms with Crippen LogP contribution in [0.1, 0.15) is 17.3 Å². The Morgan fingerprint density at radius 1 is 1.12 bits per heavy atom. The molecule has 0 fully saturated rings. The minimum absolute atomic E-state index is 0.0663. The van der Waals surface area contributed by atoms with Crippen LogP contribution in [0.4, 0.5) is 4.39 Å². The van der Waals surface area contributed by atoms with E-state index < -0.39 is 0 Å². The number of Topliss-reactive ketones (excluding diaryl/α,β-unsaturated/α-hetero) is 1. The fourth-order valence-electron chi connectivity index (χ4n) is 1.59. The molecule has 0 saturated heterocycles. The number of carbonyl (C=O) groups is 1. The molecule has 0 radical (unpaired) electrons. The first-order valence-electron chi connectivity index (χ1n) is 5.14. The summed E-state index contributed by atoms with van der Waals surface area (Å²) in [5.41, 5.74) is 1.73. The van der Waals surface area contributed by atoms with Crippen molar-refractivity contribution in [1.82, 2.24) is 0 Å². The van der Waals surface area contributed by atoms with E-state index in [0.717, 1.165) is 10.0 Å². The maximum absolute atomic E-state index is 13.7. The van der Waals surface area contributed by atoms with Crippen LogP contribution in [0.2, 0.25) is 0 Å². The second kappa shape index (κ2) is 4.80. The topological polar surface area (TPSA) is 17.1 Å². The van der Waals surface area contributed by atoms with Crippen LogP contribution in [0.5, 0.6) is 0 Å². The van der Waals surface area contributed by atoms with E-state index in [1.807, 2.05) is 24.3 Å². The van der Waals surface area contributed by atoms with E-state index in [0.29, 0.717) is 11.1 Å². The molecule has 3 heteroatoms. The first kappa shape index (κ1) is 12.0. The predicted octanol–water partition coefficient (Wildman–Crippen LogP) is 4.46. The highest BCUT2D eigenvalue weighted by Gasteiger charge is 2.08. The van der Waals surface area contributed by atoms with Crippen LogP contribution in [-0.2, 0) is 0 Å². The lowest BCUT2D eigenvalue weighted by Gasteiger charge is -2.05. The maximum atomic E-state index is 13.7. The molecule has 2 rings (SSSR count). The number of hydrogen-bond donors (Lipinski definition) is 0. The van der Waals surface area contributed by atoms with Crippen molar-refractivity contribution in [1.29, 1.82) is 0 Å². The van der Waals surface area contributed by atoms with E-state index in [4.69, 9.17) is 0 Å². The van der Waals surface area contributed by atoms with Gasteiger partial charge in [0.2, 0.25) is 0 Å². The van der Waals surface area contributed by atoms with Gasteiger partial charge in [-0.05, 0) is 42.8 Å². The smallest absolute Gasteiger partial charge is 0.159 e. The Morgan fingerprint density at radius 3 is 2.35 bits per heavy atom. The lowest BCUT2D eigenvalue weighted by atomic mass is 10.0. The van der Waals surface area contributed by atoms with Gasteiger partial charge in [-0.3, -0.25) is 4.79 Å². The fraction of sp³-hybridized carbons (Fsp3) is 0.0714. The van der Waals surface area contributed by atoms with Crippen molar-refractivity contribution >= 4 is 21.7 Å². The van der Waals surface area contributed by atoms with E-state index in [1.54, 1.807) is 6.07 Å². The molecule has 17 heavy (non-hydrogen) atoms. The van der Waals surface area contributed by atoms with Gasteiger partial charge in [-0.15, -0.1) is 0 Å². The standard InChI is InChI=1S/C14H10BrFO/c1-9(17)11-4-7-14(16)13(8-11)10-2-5-12(15)6-3-10/h2-8H,1H3. The van der Waals surface area contributed by atoms with E-state index in [2.05, 4.69) is 15.9 Å². The average Bonchev–Trinajstić information content (AvgIpc) is 2.31. The van der Waals surface area contributed by atoms with Gasteiger partial charge in [0.1, 0.15) is 5.82 Å². The second-order valence-corrected chi connectivity index (χ2v) is 4.67. The lowest BCUT2D eigenvalue weighted by Crippen LogP contribution is -1.94. The summed E-state index contributed by atoms with van der Waals surface area (Å²) in [6.45, 7) is 1.47. The molecule has 0 heterocycles. The van der Waals surface area contributed by atoms with Crippen molar-refractivity contribution < 1.29 is 9.18 Å². The molecule has 0 atom stereocenters. The average molecular weight is 293 g/mol. The van der Waals surface area contributed by atoms with Crippen molar-refractivity contribution in [2.24, 2.45) is 0 Å². The zero-order chi connectivity index (χ0) is 12.4. The summed E-state index contributed by atoms with van der Waals surface area (Å²) < 4.78 is 14.6. The maximum Gasteiger partial charge on any atom is 0.159 e. The highest BCUT2D eigenvalue weighted by Crippen LogP contribution is 2.25. The van der Waals surface area contributed by atoms with Crippen LogP contribution in [0, 0.1) is 5.82 Å². The van der Waals surface area contributed by atoms with Gasteiger partial charge in [0.05, 0.1) is 0 Å². The molecule has 0 N–H and O–H groups in total. The predicted molar refractivity (Wildman–Crippen MR) is 69.5 cm³/mol. The first-order valence-corrected chi connectivity index (χ1v) is 5.93. The van der Waals surface area contributed by atoms with Gasteiger partial charge in [0.15, 0.2) is 5.78 Å². The lowest BCUT2D eigenvalue weighted by molar-refractivity contribution is 0.101. The zero-order valence-electron chi connectivity index (χ0n) is 9.21. The summed E-state index contributed by atoms with van der Waals surface area (Å²) in [6.07, 6.45) is 0. The van der Waals surface area contributed by atoms with Crippen molar-refractivity contribution in [3.63, 3.8) is 0 Å². The van der Waals surface area contributed by atoms with Gasteiger partial charge in [0, 0.05) is 15.6 Å². The largest absolute Gasteiger partial charge is 0.295 e. The Bertz CT molecular complexity index is 561. The van der Waals surface area contributed by atoms with Crippen LogP contribution in [0.25, 0.3) is 11.1 Å². The minimum Gasteiger partial charge on any atom is -0.295 e. The summed E-state index contributed by atoms with van der Waals surface area (Å²) in [4.78, 5) is 11.3. The molecule has 2 aromatic rings. The third kappa shape index (κ3) is 2.61. The first-order chi connectivity index (χ1) is 8.08. The zero-order valence-corrected chi connectivity index (χ0v) is 10.8. The van der Waals surface area contributed by atoms with Crippen molar-refractivity contribution in [3.8, 4) is 11.1 Å². The van der Waals surface area contributed by atoms with E-state index in [1.165, 1.54) is 19.1 Å². The van der Waals surface area contributed by atoms with Crippen molar-refractivity contribution in [3.05, 3.63) is 58.3 Å². The highest BCUT2D eigenvalue weighted by molar-refractivity contribution is 9.10. The fourth-order valence-corrected chi connectivity index (χ4v) is 1.86. The molecular weight excluding hydrogens is 283 g/mol. The molecular formula is C14H10BrFO. The summed E-state index contributed by atoms with van der Waals surface area (Å²) in [5.74, 6) is -0.388. The molecule has 2 aromatic carbocycles. The molecule has 0 bridgehead atoms. The van der Waals surface area contributed by atoms with Crippen LogP contribution in [-0.4, -0.2) is 5.78 Å². The molecule has 0 spiro atoms. The SMILES string of the molecule is CC(=O)c1ccc(F)c(-c2ccc(Br)cc2)c1. The van der Waals surface area contributed by atoms with Crippen molar-refractivity contribution in [2.45, 2.75) is 6.92 Å². The molecule has 0 unspecified atom stereocenters. The second-order valence-electron chi connectivity index (χ2n) is 3.76. The highest BCUT2D eigenvalue weighted by atomic mass is 79.9. The van der Waals surface area contributed by atoms with E-state index in [9.17, 15) is 9.18 Å². The third-order valence-electron chi connectivity index (χ3n) is 2.53. The molecule has 0 amide bonds. The van der Waals surface area contributed by atoms with Crippen molar-refractivity contribution in [2.75, 3.05) is 0 Å². The number of benzene rings is 2. The van der Waals surface area contributed by atoms with E-state index >= 15 is 0 Å². The Hall–Kier alpha value is -1.48. The molecule has 0 aromatic heterocycles. The number of halogens is 2. The quantitative estimate of drug-likeness (QED) is 0.747. The van der Waals surface area contributed by atoms with Gasteiger partial charge in [-0.1, -0.05) is 28.1 Å². The van der Waals surface area contributed by atoms with Crippen LogP contribution in [0.3, 0.4) is 0 Å². The number of rotatable bonds is 2. The molecule has 0 saturated carbocycles. The van der Waals surface area contributed by atoms with Gasteiger partial charge < -0.3 is 0 Å². The molecule has 1 nitrogen and oxygen atoms in total. The summed E-state index contributed by atoms with van der Waals surface area (Å²) in [6, 6.07) is 11.7. The molecule has 86 valence electrons. The normalized spacial score (nSPS) is 10.3. The summed E-state index contributed by atoms with van der Waals surface area (Å²) >= 11 is 3.33. The number of ketones is 1. The van der Waals surface area contributed by atoms with Gasteiger partial charge in [0.25, 0.3) is 0 Å². The Labute approximate surface area is 107 Å². The molecule has 0 aliphatic heterocycles. The molecule has 0 aliphatic rings. The van der Waals surface area contributed by atoms with Gasteiger partial charge in [-0.25, -0.2) is 4.39 Å². The monoisotopic (exact) mass is 292 g/mol. The molecule has 0 aliphatic carbocycles. The third-order valence-corrected chi connectivity index (χ3v) is 3.06. The number of carbonyl (C=O) groups excluding carboxylic acids is 1. The number of hydrogen-bond acceptors (Lipinski definition) is 1. The Kier molecular flexibility index (Phi) is 3.38. The van der Waals surface area contributed by atoms with Gasteiger partial charge in [-0.2, -0.15) is 0 Å². The van der Waals surface area contributed by atoms with Gasteiger partial charge >= 0.3 is 0 Å². The summed E-state index contributed by atoms with van der Waals surface area (Å²) in [7, 11) is 0. The van der Waals surface area contributed by atoms with E-state index in [-0.39, 0.29) is 11.6 Å².